The van der Waals surface area contributed by atoms with E-state index in [1.165, 1.54) is 11.3 Å². The van der Waals surface area contributed by atoms with Crippen LogP contribution in [0.5, 0.6) is 5.75 Å². The molecule has 1 aliphatic rings. The first-order valence-electron chi connectivity index (χ1n) is 11.1. The third-order valence-corrected chi connectivity index (χ3v) is 7.14. The highest BCUT2D eigenvalue weighted by atomic mass is 32.1. The largest absolute Gasteiger partial charge is 0.497 e. The molecule has 0 saturated heterocycles. The lowest BCUT2D eigenvalue weighted by molar-refractivity contribution is -0.131. The number of pyridine rings is 1. The lowest BCUT2D eigenvalue weighted by atomic mass is 9.97. The number of amides is 2. The minimum Gasteiger partial charge on any atom is -0.497 e. The number of methoxy groups -OCH3 is 1. The van der Waals surface area contributed by atoms with Crippen molar-refractivity contribution in [3.05, 3.63) is 75.9 Å². The minimum absolute atomic E-state index is 0.00388. The van der Waals surface area contributed by atoms with Crippen LogP contribution in [0.2, 0.25) is 0 Å². The van der Waals surface area contributed by atoms with Crippen LogP contribution in [0, 0.1) is 11.3 Å². The van der Waals surface area contributed by atoms with Gasteiger partial charge in [0.1, 0.15) is 16.8 Å². The molecule has 0 fully saturated rings. The van der Waals surface area contributed by atoms with Gasteiger partial charge in [-0.2, -0.15) is 5.26 Å². The SMILES string of the molecule is COc1cccc([C@@H](C)CC(=O)Nc2sc3c(c2C#N)CCN(C(=O)Cc2cccnc2)C3)c1. The summed E-state index contributed by atoms with van der Waals surface area (Å²) in [5.74, 6) is 0.638. The van der Waals surface area contributed by atoms with Gasteiger partial charge >= 0.3 is 0 Å². The van der Waals surface area contributed by atoms with E-state index < -0.39 is 0 Å². The Labute approximate surface area is 203 Å². The first kappa shape index (κ1) is 23.5. The molecule has 4 rings (SSSR count). The summed E-state index contributed by atoms with van der Waals surface area (Å²) in [6.07, 6.45) is 4.57. The third-order valence-electron chi connectivity index (χ3n) is 6.01. The summed E-state index contributed by atoms with van der Waals surface area (Å²) in [7, 11) is 1.62. The van der Waals surface area contributed by atoms with Crippen molar-refractivity contribution >= 4 is 28.2 Å². The number of nitrogens with zero attached hydrogens (tertiary/aromatic N) is 3. The number of anilines is 1. The summed E-state index contributed by atoms with van der Waals surface area (Å²) in [6.45, 7) is 2.99. The second kappa shape index (κ2) is 10.5. The number of ether oxygens (including phenoxy) is 1. The zero-order valence-corrected chi connectivity index (χ0v) is 20.0. The normalized spacial score (nSPS) is 13.5. The number of nitriles is 1. The Hall–Kier alpha value is -3.70. The number of aromatic nitrogens is 1. The molecule has 3 aromatic rings. The van der Waals surface area contributed by atoms with Crippen molar-refractivity contribution in [3.8, 4) is 11.8 Å². The van der Waals surface area contributed by atoms with E-state index in [1.807, 2.05) is 48.2 Å². The van der Waals surface area contributed by atoms with Gasteiger partial charge in [-0.05, 0) is 47.2 Å². The summed E-state index contributed by atoms with van der Waals surface area (Å²) in [6, 6.07) is 13.7. The highest BCUT2D eigenvalue weighted by molar-refractivity contribution is 7.16. The van der Waals surface area contributed by atoms with Crippen molar-refractivity contribution in [3.63, 3.8) is 0 Å². The fourth-order valence-corrected chi connectivity index (χ4v) is 5.36. The van der Waals surface area contributed by atoms with Crippen molar-refractivity contribution in [2.24, 2.45) is 0 Å². The summed E-state index contributed by atoms with van der Waals surface area (Å²) >= 11 is 1.39. The Kier molecular flexibility index (Phi) is 7.24. The highest BCUT2D eigenvalue weighted by Gasteiger charge is 2.27. The molecule has 0 unspecified atom stereocenters. The van der Waals surface area contributed by atoms with Gasteiger partial charge in [0.05, 0.1) is 25.6 Å². The Morgan fingerprint density at radius 1 is 1.32 bits per heavy atom. The Morgan fingerprint density at radius 2 is 2.18 bits per heavy atom. The zero-order chi connectivity index (χ0) is 24.1. The molecule has 1 aromatic carbocycles. The van der Waals surface area contributed by atoms with Crippen LogP contribution in [0.3, 0.4) is 0 Å². The molecule has 3 heterocycles. The quantitative estimate of drug-likeness (QED) is 0.551. The molecule has 2 aromatic heterocycles. The molecule has 1 aliphatic heterocycles. The summed E-state index contributed by atoms with van der Waals surface area (Å²) in [4.78, 5) is 32.4. The molecule has 0 radical (unpaired) electrons. The van der Waals surface area contributed by atoms with Crippen LogP contribution in [0.1, 0.15) is 46.4 Å². The maximum absolute atomic E-state index is 12.8. The second-order valence-corrected chi connectivity index (χ2v) is 9.46. The summed E-state index contributed by atoms with van der Waals surface area (Å²) < 4.78 is 5.28. The molecular formula is C26H26N4O3S. The molecule has 0 aliphatic carbocycles. The van der Waals surface area contributed by atoms with Crippen LogP contribution in [0.15, 0.2) is 48.8 Å². The van der Waals surface area contributed by atoms with Gasteiger partial charge in [-0.1, -0.05) is 25.1 Å². The van der Waals surface area contributed by atoms with Crippen LogP contribution in [0.4, 0.5) is 5.00 Å². The van der Waals surface area contributed by atoms with Gasteiger partial charge in [-0.3, -0.25) is 14.6 Å². The number of benzene rings is 1. The molecule has 0 bridgehead atoms. The maximum Gasteiger partial charge on any atom is 0.227 e. The second-order valence-electron chi connectivity index (χ2n) is 8.35. The number of thiophene rings is 1. The molecule has 8 heteroatoms. The van der Waals surface area contributed by atoms with E-state index in [9.17, 15) is 14.9 Å². The molecule has 34 heavy (non-hydrogen) atoms. The van der Waals surface area contributed by atoms with Crippen molar-refractivity contribution < 1.29 is 14.3 Å². The average Bonchev–Trinajstić information content (AvgIpc) is 3.20. The monoisotopic (exact) mass is 474 g/mol. The fraction of sp³-hybridized carbons (Fsp3) is 0.308. The molecular weight excluding hydrogens is 448 g/mol. The lowest BCUT2D eigenvalue weighted by Crippen LogP contribution is -2.36. The van der Waals surface area contributed by atoms with Gasteiger partial charge in [0.2, 0.25) is 11.8 Å². The number of fused-ring (bicyclic) bond motifs is 1. The molecule has 2 amide bonds. The third kappa shape index (κ3) is 5.26. The van der Waals surface area contributed by atoms with E-state index in [1.54, 1.807) is 19.5 Å². The molecule has 1 N–H and O–H groups in total. The van der Waals surface area contributed by atoms with E-state index in [2.05, 4.69) is 16.4 Å². The Bertz CT molecular complexity index is 1230. The summed E-state index contributed by atoms with van der Waals surface area (Å²) in [5, 5.41) is 13.3. The number of rotatable bonds is 7. The smallest absolute Gasteiger partial charge is 0.227 e. The zero-order valence-electron chi connectivity index (χ0n) is 19.2. The topological polar surface area (TPSA) is 95.3 Å². The van der Waals surface area contributed by atoms with Crippen LogP contribution in [0.25, 0.3) is 0 Å². The standard InChI is InChI=1S/C26H26N4O3S/c1-17(19-6-3-7-20(13-19)33-2)11-24(31)29-26-22(14-27)21-8-10-30(16-23(21)34-26)25(32)12-18-5-4-9-28-15-18/h3-7,9,13,15,17H,8,10-12,16H2,1-2H3,(H,29,31)/t17-/m0/s1. The number of carbonyl (C=O) groups excluding carboxylic acids is 2. The van der Waals surface area contributed by atoms with Gasteiger partial charge in [-0.15, -0.1) is 11.3 Å². The first-order valence-corrected chi connectivity index (χ1v) is 11.9. The maximum atomic E-state index is 12.8. The van der Waals surface area contributed by atoms with Crippen molar-refractivity contribution in [2.45, 2.75) is 38.6 Å². The van der Waals surface area contributed by atoms with E-state index >= 15 is 0 Å². The molecule has 0 saturated carbocycles. The molecule has 0 spiro atoms. The molecule has 1 atom stereocenters. The van der Waals surface area contributed by atoms with Crippen LogP contribution in [-0.2, 0) is 29.0 Å². The van der Waals surface area contributed by atoms with Gasteiger partial charge in [0, 0.05) is 30.2 Å². The number of hydrogen-bond donors (Lipinski definition) is 1. The van der Waals surface area contributed by atoms with E-state index in [0.717, 1.165) is 27.3 Å². The number of nitrogens with one attached hydrogen (secondary N) is 1. The minimum atomic E-state index is -0.144. The molecule has 174 valence electrons. The highest BCUT2D eigenvalue weighted by Crippen LogP contribution is 2.37. The van der Waals surface area contributed by atoms with Gasteiger partial charge < -0.3 is 15.0 Å². The van der Waals surface area contributed by atoms with Gasteiger partial charge in [-0.25, -0.2) is 0 Å². The fourth-order valence-electron chi connectivity index (χ4n) is 4.13. The van der Waals surface area contributed by atoms with E-state index in [0.29, 0.717) is 36.5 Å². The van der Waals surface area contributed by atoms with E-state index in [4.69, 9.17) is 4.74 Å². The Balaban J connectivity index is 1.43. The van der Waals surface area contributed by atoms with Crippen LogP contribution >= 0.6 is 11.3 Å². The summed E-state index contributed by atoms with van der Waals surface area (Å²) in [5.41, 5.74) is 3.35. The first-order chi connectivity index (χ1) is 16.5. The van der Waals surface area contributed by atoms with Gasteiger partial charge in [0.25, 0.3) is 0 Å². The van der Waals surface area contributed by atoms with Gasteiger partial charge in [0.15, 0.2) is 0 Å². The van der Waals surface area contributed by atoms with Crippen LogP contribution in [-0.4, -0.2) is 35.4 Å². The average molecular weight is 475 g/mol. The van der Waals surface area contributed by atoms with Crippen molar-refractivity contribution in [2.75, 3.05) is 19.0 Å². The molecule has 7 nitrogen and oxygen atoms in total. The van der Waals surface area contributed by atoms with E-state index in [-0.39, 0.29) is 24.2 Å². The number of carbonyl (C=O) groups is 2. The van der Waals surface area contributed by atoms with Crippen LogP contribution < -0.4 is 10.1 Å². The lowest BCUT2D eigenvalue weighted by Gasteiger charge is -2.27. The predicted octanol–water partition coefficient (Wildman–Crippen LogP) is 4.28. The number of hydrogen-bond acceptors (Lipinski definition) is 6. The predicted molar refractivity (Wildman–Crippen MR) is 131 cm³/mol. The van der Waals surface area contributed by atoms with Crippen molar-refractivity contribution in [1.82, 2.24) is 9.88 Å². The van der Waals surface area contributed by atoms with Crippen molar-refractivity contribution in [1.29, 1.82) is 5.26 Å². The Morgan fingerprint density at radius 3 is 2.91 bits per heavy atom.